The van der Waals surface area contributed by atoms with Crippen LogP contribution in [0.3, 0.4) is 0 Å². The highest BCUT2D eigenvalue weighted by Crippen LogP contribution is 2.30. The summed E-state index contributed by atoms with van der Waals surface area (Å²) in [6.07, 6.45) is -4.56. The Hall–Kier alpha value is -1.80. The molecular weight excluding hydrogens is 313 g/mol. The number of nitrogens with one attached hydrogen (secondary N) is 2. The number of benzene rings is 1. The fourth-order valence-electron chi connectivity index (χ4n) is 2.23. The number of aliphatic hydroxyl groups excluding tert-OH is 1. The lowest BCUT2D eigenvalue weighted by atomic mass is 10.1. The third-order valence-electron chi connectivity index (χ3n) is 3.57. The second-order valence-electron chi connectivity index (χ2n) is 5.42. The van der Waals surface area contributed by atoms with Crippen molar-refractivity contribution in [1.29, 1.82) is 0 Å². The Bertz CT molecular complexity index is 514. The first-order chi connectivity index (χ1) is 10.9. The van der Waals surface area contributed by atoms with Gasteiger partial charge in [-0.2, -0.15) is 13.2 Å². The summed E-state index contributed by atoms with van der Waals surface area (Å²) >= 11 is 0. The van der Waals surface area contributed by atoms with Crippen LogP contribution < -0.4 is 15.4 Å². The molecule has 0 spiro atoms. The van der Waals surface area contributed by atoms with Crippen molar-refractivity contribution in [2.75, 3.05) is 26.2 Å². The first-order valence-electron chi connectivity index (χ1n) is 7.33. The Morgan fingerprint density at radius 3 is 2.65 bits per heavy atom. The fourth-order valence-corrected chi connectivity index (χ4v) is 2.23. The molecular formula is C15H19F3N2O3. The number of aliphatic hydroxyl groups is 1. The molecule has 0 radical (unpaired) electrons. The zero-order chi connectivity index (χ0) is 16.9. The lowest BCUT2D eigenvalue weighted by Gasteiger charge is -2.15. The average Bonchev–Trinajstić information content (AvgIpc) is 3.04. The molecule has 1 aromatic rings. The van der Waals surface area contributed by atoms with Crippen LogP contribution in [0.2, 0.25) is 0 Å². The van der Waals surface area contributed by atoms with Crippen molar-refractivity contribution in [2.24, 2.45) is 5.92 Å². The topological polar surface area (TPSA) is 70.6 Å². The molecule has 0 bridgehead atoms. The highest BCUT2D eigenvalue weighted by molar-refractivity contribution is 5.79. The monoisotopic (exact) mass is 332 g/mol. The molecule has 1 aromatic carbocycles. The number of alkyl halides is 3. The maximum atomic E-state index is 12.4. The van der Waals surface area contributed by atoms with E-state index in [2.05, 4.69) is 10.6 Å². The zero-order valence-electron chi connectivity index (χ0n) is 12.4. The highest BCUT2D eigenvalue weighted by atomic mass is 19.4. The van der Waals surface area contributed by atoms with Crippen molar-refractivity contribution in [3.8, 4) is 5.75 Å². The van der Waals surface area contributed by atoms with Gasteiger partial charge in [-0.25, -0.2) is 0 Å². The molecule has 3 N–H and O–H groups in total. The molecule has 0 saturated carbocycles. The summed E-state index contributed by atoms with van der Waals surface area (Å²) in [5.74, 6) is 0.0185. The normalized spacial score (nSPS) is 19.4. The second kappa shape index (κ2) is 7.65. The van der Waals surface area contributed by atoms with Gasteiger partial charge in [-0.1, -0.05) is 0 Å². The molecule has 128 valence electrons. The van der Waals surface area contributed by atoms with Gasteiger partial charge in [0.2, 0.25) is 5.91 Å². The molecule has 2 unspecified atom stereocenters. The summed E-state index contributed by atoms with van der Waals surface area (Å²) in [5.41, 5.74) is -0.761. The molecule has 1 saturated heterocycles. The van der Waals surface area contributed by atoms with E-state index in [1.807, 2.05) is 0 Å². The van der Waals surface area contributed by atoms with Crippen LogP contribution in [0.15, 0.2) is 24.3 Å². The average molecular weight is 332 g/mol. The first-order valence-corrected chi connectivity index (χ1v) is 7.33. The molecule has 5 nitrogen and oxygen atoms in total. The SMILES string of the molecule is O=C(NCC(O)COc1ccc(C(F)(F)F)cc1)C1CCNC1. The van der Waals surface area contributed by atoms with Gasteiger partial charge in [0.15, 0.2) is 0 Å². The first kappa shape index (κ1) is 17.6. The molecule has 2 atom stereocenters. The minimum absolute atomic E-state index is 0.0377. The summed E-state index contributed by atoms with van der Waals surface area (Å²) in [6.45, 7) is 1.35. The maximum Gasteiger partial charge on any atom is 0.416 e. The third-order valence-corrected chi connectivity index (χ3v) is 3.57. The van der Waals surface area contributed by atoms with Gasteiger partial charge in [-0.3, -0.25) is 4.79 Å². The number of hydrogen-bond acceptors (Lipinski definition) is 4. The van der Waals surface area contributed by atoms with E-state index in [-0.39, 0.29) is 30.7 Å². The fraction of sp³-hybridized carbons (Fsp3) is 0.533. The van der Waals surface area contributed by atoms with E-state index < -0.39 is 17.8 Å². The number of carbonyl (C=O) groups is 1. The Morgan fingerprint density at radius 1 is 1.39 bits per heavy atom. The van der Waals surface area contributed by atoms with Gasteiger partial charge in [-0.05, 0) is 37.2 Å². The van der Waals surface area contributed by atoms with E-state index >= 15 is 0 Å². The Balaban J connectivity index is 1.71. The number of carbonyl (C=O) groups excluding carboxylic acids is 1. The smallest absolute Gasteiger partial charge is 0.416 e. The lowest BCUT2D eigenvalue weighted by molar-refractivity contribution is -0.137. The Labute approximate surface area is 131 Å². The van der Waals surface area contributed by atoms with Crippen molar-refractivity contribution >= 4 is 5.91 Å². The van der Waals surface area contributed by atoms with Gasteiger partial charge in [0.25, 0.3) is 0 Å². The number of halogens is 3. The molecule has 0 aromatic heterocycles. The summed E-state index contributed by atoms with van der Waals surface area (Å²) in [5, 5.41) is 15.5. The maximum absolute atomic E-state index is 12.4. The quantitative estimate of drug-likeness (QED) is 0.731. The van der Waals surface area contributed by atoms with Crippen LogP contribution in [-0.4, -0.2) is 43.4 Å². The van der Waals surface area contributed by atoms with Gasteiger partial charge in [0, 0.05) is 13.1 Å². The van der Waals surface area contributed by atoms with Crippen LogP contribution in [0.4, 0.5) is 13.2 Å². The lowest BCUT2D eigenvalue weighted by Crippen LogP contribution is -2.39. The number of amides is 1. The van der Waals surface area contributed by atoms with Crippen molar-refractivity contribution in [1.82, 2.24) is 10.6 Å². The van der Waals surface area contributed by atoms with Crippen LogP contribution in [0.1, 0.15) is 12.0 Å². The summed E-state index contributed by atoms with van der Waals surface area (Å²) in [4.78, 5) is 11.7. The number of ether oxygens (including phenoxy) is 1. The van der Waals surface area contributed by atoms with Crippen molar-refractivity contribution in [2.45, 2.75) is 18.7 Å². The van der Waals surface area contributed by atoms with E-state index in [0.29, 0.717) is 6.54 Å². The van der Waals surface area contributed by atoms with Gasteiger partial charge in [0.1, 0.15) is 18.5 Å². The molecule has 1 aliphatic rings. The van der Waals surface area contributed by atoms with Crippen LogP contribution in [0.5, 0.6) is 5.75 Å². The van der Waals surface area contributed by atoms with E-state index in [0.717, 1.165) is 25.1 Å². The largest absolute Gasteiger partial charge is 0.491 e. The van der Waals surface area contributed by atoms with Gasteiger partial charge < -0.3 is 20.5 Å². The van der Waals surface area contributed by atoms with E-state index in [4.69, 9.17) is 4.74 Å². The highest BCUT2D eigenvalue weighted by Gasteiger charge is 2.30. The molecule has 1 fully saturated rings. The molecule has 8 heteroatoms. The van der Waals surface area contributed by atoms with Gasteiger partial charge in [-0.15, -0.1) is 0 Å². The molecule has 2 rings (SSSR count). The predicted molar refractivity (Wildman–Crippen MR) is 76.9 cm³/mol. The minimum Gasteiger partial charge on any atom is -0.491 e. The van der Waals surface area contributed by atoms with Crippen LogP contribution >= 0.6 is 0 Å². The van der Waals surface area contributed by atoms with Gasteiger partial charge in [0.05, 0.1) is 11.5 Å². The van der Waals surface area contributed by atoms with E-state index in [9.17, 15) is 23.1 Å². The van der Waals surface area contributed by atoms with Crippen LogP contribution in [0, 0.1) is 5.92 Å². The third kappa shape index (κ3) is 5.40. The van der Waals surface area contributed by atoms with Crippen molar-refractivity contribution < 1.29 is 27.8 Å². The van der Waals surface area contributed by atoms with Gasteiger partial charge >= 0.3 is 6.18 Å². The second-order valence-corrected chi connectivity index (χ2v) is 5.42. The molecule has 1 aliphatic heterocycles. The Morgan fingerprint density at radius 2 is 2.09 bits per heavy atom. The van der Waals surface area contributed by atoms with E-state index in [1.165, 1.54) is 12.1 Å². The standard InChI is InChI=1S/C15H19F3N2O3/c16-15(17,18)11-1-3-13(4-2-11)23-9-12(21)8-20-14(22)10-5-6-19-7-10/h1-4,10,12,19,21H,5-9H2,(H,20,22). The minimum atomic E-state index is -4.39. The summed E-state index contributed by atoms with van der Waals surface area (Å²) < 4.78 is 42.4. The number of hydrogen-bond donors (Lipinski definition) is 3. The summed E-state index contributed by atoms with van der Waals surface area (Å²) in [6, 6.07) is 4.21. The summed E-state index contributed by atoms with van der Waals surface area (Å²) in [7, 11) is 0. The number of rotatable bonds is 6. The van der Waals surface area contributed by atoms with Crippen LogP contribution in [-0.2, 0) is 11.0 Å². The molecule has 0 aliphatic carbocycles. The molecule has 23 heavy (non-hydrogen) atoms. The van der Waals surface area contributed by atoms with Crippen molar-refractivity contribution in [3.63, 3.8) is 0 Å². The Kier molecular flexibility index (Phi) is 5.84. The molecule has 1 amide bonds. The van der Waals surface area contributed by atoms with Crippen molar-refractivity contribution in [3.05, 3.63) is 29.8 Å². The van der Waals surface area contributed by atoms with Crippen LogP contribution in [0.25, 0.3) is 0 Å². The van der Waals surface area contributed by atoms with E-state index in [1.54, 1.807) is 0 Å². The molecule has 1 heterocycles. The zero-order valence-corrected chi connectivity index (χ0v) is 12.4. The predicted octanol–water partition coefficient (Wildman–Crippen LogP) is 1.17.